The molecular weight excluding hydrogens is 364 g/mol. The number of esters is 1. The van der Waals surface area contributed by atoms with Crippen molar-refractivity contribution >= 4 is 23.2 Å². The second-order valence-corrected chi connectivity index (χ2v) is 9.03. The number of thiazole rings is 1. The van der Waals surface area contributed by atoms with Gasteiger partial charge < -0.3 is 14.4 Å². The Kier molecular flexibility index (Phi) is 9.94. The highest BCUT2D eigenvalue weighted by Gasteiger charge is 2.22. The van der Waals surface area contributed by atoms with Gasteiger partial charge in [-0.3, -0.25) is 4.79 Å². The van der Waals surface area contributed by atoms with E-state index in [1.165, 1.54) is 11.3 Å². The van der Waals surface area contributed by atoms with Crippen LogP contribution in [0.2, 0.25) is 0 Å². The molecule has 1 heterocycles. The van der Waals surface area contributed by atoms with Crippen LogP contribution in [-0.4, -0.2) is 48.6 Å². The first-order valence-electron chi connectivity index (χ1n) is 9.54. The summed E-state index contributed by atoms with van der Waals surface area (Å²) in [5.74, 6) is 0.0145. The Balaban J connectivity index is 2.75. The normalized spacial score (nSPS) is 12.7. The Bertz CT molecular complexity index is 595. The van der Waals surface area contributed by atoms with E-state index in [9.17, 15) is 9.59 Å². The van der Waals surface area contributed by atoms with Crippen LogP contribution in [0.1, 0.15) is 69.4 Å². The molecular formula is C20H34N2O4S. The number of rotatable bonds is 11. The summed E-state index contributed by atoms with van der Waals surface area (Å²) in [4.78, 5) is 30.8. The number of aromatic nitrogens is 1. The van der Waals surface area contributed by atoms with Crippen molar-refractivity contribution in [3.63, 3.8) is 0 Å². The van der Waals surface area contributed by atoms with Crippen molar-refractivity contribution in [2.45, 2.75) is 60.4 Å². The molecule has 1 atom stereocenters. The molecule has 1 unspecified atom stereocenters. The summed E-state index contributed by atoms with van der Waals surface area (Å²) in [5.41, 5.74) is 0.506. The molecule has 1 aromatic rings. The van der Waals surface area contributed by atoms with Crippen molar-refractivity contribution in [1.82, 2.24) is 9.88 Å². The Morgan fingerprint density at radius 3 is 2.63 bits per heavy atom. The summed E-state index contributed by atoms with van der Waals surface area (Å²) < 4.78 is 10.1. The lowest BCUT2D eigenvalue weighted by molar-refractivity contribution is -0.133. The molecule has 27 heavy (non-hydrogen) atoms. The van der Waals surface area contributed by atoms with E-state index < -0.39 is 5.97 Å². The molecule has 0 spiro atoms. The quantitative estimate of drug-likeness (QED) is 0.414. The molecule has 7 heteroatoms. The molecule has 0 N–H and O–H groups in total. The third-order valence-electron chi connectivity index (χ3n) is 3.98. The summed E-state index contributed by atoms with van der Waals surface area (Å²) >= 11 is 1.38. The van der Waals surface area contributed by atoms with Gasteiger partial charge in [-0.05, 0) is 31.1 Å². The van der Waals surface area contributed by atoms with E-state index in [1.807, 2.05) is 4.90 Å². The van der Waals surface area contributed by atoms with Gasteiger partial charge in [0.05, 0.1) is 13.2 Å². The number of hydrogen-bond acceptors (Lipinski definition) is 6. The van der Waals surface area contributed by atoms with Crippen molar-refractivity contribution in [2.24, 2.45) is 11.3 Å². The first-order valence-corrected chi connectivity index (χ1v) is 10.4. The number of carbonyl (C=O) groups is 2. The van der Waals surface area contributed by atoms with E-state index in [-0.39, 0.29) is 11.3 Å². The lowest BCUT2D eigenvalue weighted by Crippen LogP contribution is -2.33. The van der Waals surface area contributed by atoms with E-state index >= 15 is 0 Å². The summed E-state index contributed by atoms with van der Waals surface area (Å²) in [6.07, 6.45) is 2.28. The zero-order valence-corrected chi connectivity index (χ0v) is 18.4. The van der Waals surface area contributed by atoms with Crippen LogP contribution >= 0.6 is 11.3 Å². The van der Waals surface area contributed by atoms with Gasteiger partial charge in [0.15, 0.2) is 5.69 Å². The molecule has 0 aliphatic heterocycles. The van der Waals surface area contributed by atoms with Gasteiger partial charge in [0.1, 0.15) is 5.01 Å². The van der Waals surface area contributed by atoms with Gasteiger partial charge in [0.2, 0.25) is 5.91 Å². The van der Waals surface area contributed by atoms with Gasteiger partial charge in [0, 0.05) is 32.1 Å². The first kappa shape index (κ1) is 23.6. The van der Waals surface area contributed by atoms with E-state index in [4.69, 9.17) is 9.47 Å². The molecule has 0 aromatic carbocycles. The standard InChI is InChI=1S/C20H34N2O4S/c1-7-26-19(24)16-14-27-17(21-16)13-22(9-8-10-25-6)18(23)11-15(2)12-20(3,4)5/h14-15H,7-13H2,1-6H3. The van der Waals surface area contributed by atoms with Crippen LogP contribution < -0.4 is 0 Å². The largest absolute Gasteiger partial charge is 0.461 e. The number of nitrogens with zero attached hydrogens (tertiary/aromatic N) is 2. The highest BCUT2D eigenvalue weighted by Crippen LogP contribution is 2.26. The lowest BCUT2D eigenvalue weighted by atomic mass is 9.84. The minimum Gasteiger partial charge on any atom is -0.461 e. The van der Waals surface area contributed by atoms with Crippen molar-refractivity contribution in [3.05, 3.63) is 16.1 Å². The highest BCUT2D eigenvalue weighted by atomic mass is 32.1. The maximum absolute atomic E-state index is 12.9. The van der Waals surface area contributed by atoms with Gasteiger partial charge >= 0.3 is 5.97 Å². The van der Waals surface area contributed by atoms with E-state index in [1.54, 1.807) is 19.4 Å². The molecule has 0 saturated heterocycles. The molecule has 154 valence electrons. The van der Waals surface area contributed by atoms with Crippen molar-refractivity contribution in [3.8, 4) is 0 Å². The molecule has 1 aromatic heterocycles. The van der Waals surface area contributed by atoms with Gasteiger partial charge in [0.25, 0.3) is 0 Å². The number of amides is 1. The van der Waals surface area contributed by atoms with Crippen LogP contribution in [0.15, 0.2) is 5.38 Å². The molecule has 0 aliphatic rings. The maximum Gasteiger partial charge on any atom is 0.357 e. The number of ether oxygens (including phenoxy) is 2. The second kappa shape index (κ2) is 11.4. The van der Waals surface area contributed by atoms with Crippen LogP contribution in [0, 0.1) is 11.3 Å². The fraction of sp³-hybridized carbons (Fsp3) is 0.750. The summed E-state index contributed by atoms with van der Waals surface area (Å²) in [6, 6.07) is 0. The molecule has 6 nitrogen and oxygen atoms in total. The Morgan fingerprint density at radius 2 is 2.04 bits per heavy atom. The topological polar surface area (TPSA) is 68.7 Å². The van der Waals surface area contributed by atoms with Gasteiger partial charge in [-0.15, -0.1) is 11.3 Å². The van der Waals surface area contributed by atoms with Crippen LogP contribution in [0.3, 0.4) is 0 Å². The third-order valence-corrected chi connectivity index (χ3v) is 4.81. The van der Waals surface area contributed by atoms with Gasteiger partial charge in [-0.2, -0.15) is 0 Å². The Labute approximate surface area is 167 Å². The summed E-state index contributed by atoms with van der Waals surface area (Å²) in [7, 11) is 1.66. The van der Waals surface area contributed by atoms with E-state index in [0.29, 0.717) is 44.3 Å². The van der Waals surface area contributed by atoms with Crippen molar-refractivity contribution < 1.29 is 19.1 Å². The van der Waals surface area contributed by atoms with E-state index in [2.05, 4.69) is 32.7 Å². The summed E-state index contributed by atoms with van der Waals surface area (Å²) in [5, 5.41) is 2.43. The van der Waals surface area contributed by atoms with E-state index in [0.717, 1.165) is 17.8 Å². The second-order valence-electron chi connectivity index (χ2n) is 8.08. The molecule has 1 amide bonds. The van der Waals surface area contributed by atoms with Crippen molar-refractivity contribution in [1.29, 1.82) is 0 Å². The highest BCUT2D eigenvalue weighted by molar-refractivity contribution is 7.09. The zero-order chi connectivity index (χ0) is 20.4. The molecule has 1 rings (SSSR count). The fourth-order valence-electron chi connectivity index (χ4n) is 3.08. The third kappa shape index (κ3) is 9.33. The van der Waals surface area contributed by atoms with Crippen LogP contribution in [-0.2, 0) is 20.8 Å². The number of carbonyl (C=O) groups excluding carboxylic acids is 2. The summed E-state index contributed by atoms with van der Waals surface area (Å²) in [6.45, 7) is 12.4. The van der Waals surface area contributed by atoms with Crippen LogP contribution in [0.4, 0.5) is 0 Å². The molecule has 0 aliphatic carbocycles. The van der Waals surface area contributed by atoms with Gasteiger partial charge in [-0.1, -0.05) is 27.7 Å². The predicted molar refractivity (Wildman–Crippen MR) is 108 cm³/mol. The minimum absolute atomic E-state index is 0.121. The van der Waals surface area contributed by atoms with Crippen molar-refractivity contribution in [2.75, 3.05) is 26.9 Å². The fourth-order valence-corrected chi connectivity index (χ4v) is 3.86. The lowest BCUT2D eigenvalue weighted by Gasteiger charge is -2.26. The van der Waals surface area contributed by atoms with Gasteiger partial charge in [-0.25, -0.2) is 9.78 Å². The SMILES string of the molecule is CCOC(=O)c1csc(CN(CCCOC)C(=O)CC(C)CC(C)(C)C)n1. The average Bonchev–Trinajstić information content (AvgIpc) is 3.01. The smallest absolute Gasteiger partial charge is 0.357 e. The average molecular weight is 399 g/mol. The number of hydrogen-bond donors (Lipinski definition) is 0. The number of methoxy groups -OCH3 is 1. The molecule has 0 saturated carbocycles. The van der Waals surface area contributed by atoms with Crippen LogP contribution in [0.5, 0.6) is 0 Å². The minimum atomic E-state index is -0.420. The van der Waals surface area contributed by atoms with Crippen LogP contribution in [0.25, 0.3) is 0 Å². The Morgan fingerprint density at radius 1 is 1.33 bits per heavy atom. The predicted octanol–water partition coefficient (Wildman–Crippen LogP) is 4.15. The maximum atomic E-state index is 12.9. The zero-order valence-electron chi connectivity index (χ0n) is 17.5. The Hall–Kier alpha value is -1.47. The molecule has 0 fully saturated rings. The molecule has 0 bridgehead atoms. The molecule has 0 radical (unpaired) electrons. The monoisotopic (exact) mass is 398 g/mol. The first-order chi connectivity index (χ1) is 12.7.